The average Bonchev–Trinajstić information content (AvgIpc) is 2.01. The zero-order chi connectivity index (χ0) is 8.97. The van der Waals surface area contributed by atoms with Crippen molar-refractivity contribution in [2.75, 3.05) is 6.61 Å². The van der Waals surface area contributed by atoms with Gasteiger partial charge < -0.3 is 4.74 Å². The minimum atomic E-state index is 0.566. The molecule has 1 rings (SSSR count). The molecule has 0 radical (unpaired) electrons. The summed E-state index contributed by atoms with van der Waals surface area (Å²) >= 11 is 0. The third kappa shape index (κ3) is 3.57. The topological polar surface area (TPSA) is 9.23 Å². The van der Waals surface area contributed by atoms with Crippen molar-refractivity contribution >= 4 is 0 Å². The first-order valence-corrected chi connectivity index (χ1v) is 5.30. The second kappa shape index (κ2) is 4.86. The second-order valence-corrected chi connectivity index (χ2v) is 4.62. The Kier molecular flexibility index (Phi) is 4.07. The predicted molar refractivity (Wildman–Crippen MR) is 52.2 cm³/mol. The molecule has 0 aromatic heterocycles. The SMILES string of the molecule is CC(C)COC1CCCC(C)C1. The summed E-state index contributed by atoms with van der Waals surface area (Å²) in [5.41, 5.74) is 0. The molecule has 0 saturated heterocycles. The van der Waals surface area contributed by atoms with E-state index in [1.807, 2.05) is 0 Å². The van der Waals surface area contributed by atoms with Crippen LogP contribution in [-0.4, -0.2) is 12.7 Å². The van der Waals surface area contributed by atoms with Crippen molar-refractivity contribution in [1.82, 2.24) is 0 Å². The number of rotatable bonds is 3. The van der Waals surface area contributed by atoms with Crippen LogP contribution in [0.25, 0.3) is 0 Å². The molecule has 1 aliphatic carbocycles. The molecule has 0 spiro atoms. The van der Waals surface area contributed by atoms with Crippen molar-refractivity contribution < 1.29 is 4.74 Å². The number of hydrogen-bond donors (Lipinski definition) is 0. The lowest BCUT2D eigenvalue weighted by molar-refractivity contribution is 0.00222. The van der Waals surface area contributed by atoms with Crippen molar-refractivity contribution in [3.05, 3.63) is 0 Å². The molecule has 12 heavy (non-hydrogen) atoms. The lowest BCUT2D eigenvalue weighted by Crippen LogP contribution is -2.23. The van der Waals surface area contributed by atoms with Gasteiger partial charge in [-0.3, -0.25) is 0 Å². The van der Waals surface area contributed by atoms with E-state index in [0.29, 0.717) is 12.0 Å². The van der Waals surface area contributed by atoms with Crippen LogP contribution in [0.2, 0.25) is 0 Å². The second-order valence-electron chi connectivity index (χ2n) is 4.62. The molecule has 0 aromatic rings. The Balaban J connectivity index is 2.14. The fourth-order valence-corrected chi connectivity index (χ4v) is 1.86. The molecule has 0 aromatic carbocycles. The minimum Gasteiger partial charge on any atom is -0.378 e. The maximum absolute atomic E-state index is 5.81. The molecule has 0 N–H and O–H groups in total. The Hall–Kier alpha value is -0.0400. The highest BCUT2D eigenvalue weighted by Gasteiger charge is 2.19. The van der Waals surface area contributed by atoms with E-state index in [4.69, 9.17) is 4.74 Å². The maximum Gasteiger partial charge on any atom is 0.0577 e. The molecule has 1 heteroatoms. The van der Waals surface area contributed by atoms with E-state index < -0.39 is 0 Å². The Labute approximate surface area is 76.5 Å². The highest BCUT2D eigenvalue weighted by Crippen LogP contribution is 2.25. The smallest absolute Gasteiger partial charge is 0.0577 e. The van der Waals surface area contributed by atoms with Gasteiger partial charge in [0.1, 0.15) is 0 Å². The van der Waals surface area contributed by atoms with Gasteiger partial charge in [-0.1, -0.05) is 33.6 Å². The standard InChI is InChI=1S/C11H22O/c1-9(2)8-12-11-6-4-5-10(3)7-11/h9-11H,4-8H2,1-3H3. The molecule has 0 aliphatic heterocycles. The Morgan fingerprint density at radius 1 is 1.33 bits per heavy atom. The molecule has 1 saturated carbocycles. The van der Waals surface area contributed by atoms with Crippen LogP contribution >= 0.6 is 0 Å². The molecule has 1 fully saturated rings. The minimum absolute atomic E-state index is 0.566. The van der Waals surface area contributed by atoms with Crippen LogP contribution in [0.3, 0.4) is 0 Å². The van der Waals surface area contributed by atoms with E-state index in [9.17, 15) is 0 Å². The van der Waals surface area contributed by atoms with Crippen LogP contribution in [0.5, 0.6) is 0 Å². The Morgan fingerprint density at radius 2 is 2.08 bits per heavy atom. The zero-order valence-electron chi connectivity index (χ0n) is 8.68. The van der Waals surface area contributed by atoms with Gasteiger partial charge >= 0.3 is 0 Å². The number of ether oxygens (including phenoxy) is 1. The molecule has 72 valence electrons. The van der Waals surface area contributed by atoms with Crippen LogP contribution in [0, 0.1) is 11.8 Å². The van der Waals surface area contributed by atoms with Gasteiger partial charge in [0.05, 0.1) is 6.10 Å². The van der Waals surface area contributed by atoms with Gasteiger partial charge in [-0.25, -0.2) is 0 Å². The van der Waals surface area contributed by atoms with Gasteiger partial charge in [0.15, 0.2) is 0 Å². The molecule has 2 atom stereocenters. The first-order chi connectivity index (χ1) is 5.68. The summed E-state index contributed by atoms with van der Waals surface area (Å²) in [4.78, 5) is 0. The third-order valence-electron chi connectivity index (χ3n) is 2.55. The van der Waals surface area contributed by atoms with E-state index in [1.54, 1.807) is 0 Å². The van der Waals surface area contributed by atoms with Crippen molar-refractivity contribution in [2.45, 2.75) is 52.6 Å². The summed E-state index contributed by atoms with van der Waals surface area (Å²) in [5, 5.41) is 0. The van der Waals surface area contributed by atoms with E-state index in [1.165, 1.54) is 25.7 Å². The summed E-state index contributed by atoms with van der Waals surface area (Å²) in [7, 11) is 0. The lowest BCUT2D eigenvalue weighted by Gasteiger charge is -2.27. The third-order valence-corrected chi connectivity index (χ3v) is 2.55. The summed E-state index contributed by atoms with van der Waals surface area (Å²) in [6.07, 6.45) is 5.91. The Bertz CT molecular complexity index is 120. The molecule has 1 nitrogen and oxygen atoms in total. The molecule has 0 heterocycles. The van der Waals surface area contributed by atoms with E-state index >= 15 is 0 Å². The maximum atomic E-state index is 5.81. The van der Waals surface area contributed by atoms with Gasteiger partial charge in [-0.05, 0) is 24.7 Å². The van der Waals surface area contributed by atoms with Crippen LogP contribution < -0.4 is 0 Å². The molecule has 2 unspecified atom stereocenters. The van der Waals surface area contributed by atoms with Crippen LogP contribution in [0.15, 0.2) is 0 Å². The fraction of sp³-hybridized carbons (Fsp3) is 1.00. The van der Waals surface area contributed by atoms with Gasteiger partial charge in [-0.15, -0.1) is 0 Å². The van der Waals surface area contributed by atoms with Crippen molar-refractivity contribution in [2.24, 2.45) is 11.8 Å². The highest BCUT2D eigenvalue weighted by atomic mass is 16.5. The van der Waals surface area contributed by atoms with Gasteiger partial charge in [0.2, 0.25) is 0 Å². The molecule has 0 bridgehead atoms. The van der Waals surface area contributed by atoms with Crippen molar-refractivity contribution in [1.29, 1.82) is 0 Å². The van der Waals surface area contributed by atoms with Gasteiger partial charge in [0, 0.05) is 6.61 Å². The van der Waals surface area contributed by atoms with Crippen molar-refractivity contribution in [3.63, 3.8) is 0 Å². The predicted octanol–water partition coefficient (Wildman–Crippen LogP) is 3.24. The first kappa shape index (κ1) is 10.0. The molecule has 0 amide bonds. The van der Waals surface area contributed by atoms with E-state index in [0.717, 1.165) is 12.5 Å². The molecular formula is C11H22O. The fourth-order valence-electron chi connectivity index (χ4n) is 1.86. The van der Waals surface area contributed by atoms with Gasteiger partial charge in [-0.2, -0.15) is 0 Å². The highest BCUT2D eigenvalue weighted by molar-refractivity contribution is 4.70. The van der Waals surface area contributed by atoms with Crippen LogP contribution in [0.1, 0.15) is 46.5 Å². The summed E-state index contributed by atoms with van der Waals surface area (Å²) in [5.74, 6) is 1.57. The largest absolute Gasteiger partial charge is 0.378 e. The summed E-state index contributed by atoms with van der Waals surface area (Å²) in [6, 6.07) is 0. The summed E-state index contributed by atoms with van der Waals surface area (Å²) in [6.45, 7) is 7.71. The number of hydrogen-bond acceptors (Lipinski definition) is 1. The summed E-state index contributed by atoms with van der Waals surface area (Å²) < 4.78 is 5.81. The normalized spacial score (nSPS) is 31.0. The van der Waals surface area contributed by atoms with E-state index in [-0.39, 0.29) is 0 Å². The lowest BCUT2D eigenvalue weighted by atomic mass is 9.89. The van der Waals surface area contributed by atoms with E-state index in [2.05, 4.69) is 20.8 Å². The average molecular weight is 170 g/mol. The first-order valence-electron chi connectivity index (χ1n) is 5.30. The van der Waals surface area contributed by atoms with Crippen molar-refractivity contribution in [3.8, 4) is 0 Å². The quantitative estimate of drug-likeness (QED) is 0.632. The molecule has 1 aliphatic rings. The monoisotopic (exact) mass is 170 g/mol. The van der Waals surface area contributed by atoms with Crippen LogP contribution in [0.4, 0.5) is 0 Å². The van der Waals surface area contributed by atoms with Crippen LogP contribution in [-0.2, 0) is 4.74 Å². The Morgan fingerprint density at radius 3 is 2.67 bits per heavy atom. The molecular weight excluding hydrogens is 148 g/mol. The van der Waals surface area contributed by atoms with Gasteiger partial charge in [0.25, 0.3) is 0 Å². The zero-order valence-corrected chi connectivity index (χ0v) is 8.68.